The molecule has 1 fully saturated rings. The number of aromatic nitrogens is 2. The van der Waals surface area contributed by atoms with Gasteiger partial charge in [0.1, 0.15) is 0 Å². The first-order valence-electron chi connectivity index (χ1n) is 7.07. The monoisotopic (exact) mass is 251 g/mol. The van der Waals surface area contributed by atoms with Crippen molar-refractivity contribution >= 4 is 0 Å². The van der Waals surface area contributed by atoms with Crippen LogP contribution in [0, 0.1) is 13.8 Å². The second-order valence-corrected chi connectivity index (χ2v) is 5.11. The van der Waals surface area contributed by atoms with Crippen molar-refractivity contribution in [2.24, 2.45) is 0 Å². The zero-order chi connectivity index (χ0) is 13.0. The molecule has 1 N–H and O–H groups in total. The highest BCUT2D eigenvalue weighted by Gasteiger charge is 2.22. The molecule has 1 aliphatic rings. The molecule has 0 saturated carbocycles. The van der Waals surface area contributed by atoms with Crippen molar-refractivity contribution in [2.45, 2.75) is 46.1 Å². The van der Waals surface area contributed by atoms with E-state index in [1.54, 1.807) is 0 Å². The molecule has 2 rings (SSSR count). The predicted molar refractivity (Wildman–Crippen MR) is 73.0 cm³/mol. The molecule has 0 radical (unpaired) electrons. The molecule has 1 unspecified atom stereocenters. The Morgan fingerprint density at radius 3 is 2.89 bits per heavy atom. The summed E-state index contributed by atoms with van der Waals surface area (Å²) in [5.41, 5.74) is 3.91. The fourth-order valence-electron chi connectivity index (χ4n) is 2.64. The fourth-order valence-corrected chi connectivity index (χ4v) is 2.64. The van der Waals surface area contributed by atoms with Gasteiger partial charge in [0.2, 0.25) is 0 Å². The number of hydrogen-bond acceptors (Lipinski definition) is 3. The normalized spacial score (nSPS) is 19.6. The van der Waals surface area contributed by atoms with Crippen LogP contribution in [0.4, 0.5) is 0 Å². The fraction of sp³-hybridized carbons (Fsp3) is 0.786. The van der Waals surface area contributed by atoms with Crippen molar-refractivity contribution < 1.29 is 4.74 Å². The molecule has 0 spiro atoms. The van der Waals surface area contributed by atoms with Gasteiger partial charge in [0.05, 0.1) is 18.3 Å². The van der Waals surface area contributed by atoms with Gasteiger partial charge in [-0.25, -0.2) is 0 Å². The molecule has 0 bridgehead atoms. The van der Waals surface area contributed by atoms with Crippen LogP contribution in [0.5, 0.6) is 0 Å². The lowest BCUT2D eigenvalue weighted by atomic mass is 10.1. The zero-order valence-corrected chi connectivity index (χ0v) is 11.8. The smallest absolute Gasteiger partial charge is 0.0777 e. The van der Waals surface area contributed by atoms with Crippen molar-refractivity contribution in [3.63, 3.8) is 0 Å². The predicted octanol–water partition coefficient (Wildman–Crippen LogP) is 2.00. The van der Waals surface area contributed by atoms with Crippen LogP contribution in [-0.2, 0) is 11.2 Å². The third-order valence-electron chi connectivity index (χ3n) is 3.70. The Kier molecular flexibility index (Phi) is 4.78. The minimum absolute atomic E-state index is 0.445. The first kappa shape index (κ1) is 13.6. The Balaban J connectivity index is 2.01. The van der Waals surface area contributed by atoms with Crippen LogP contribution < -0.4 is 5.32 Å². The lowest BCUT2D eigenvalue weighted by Gasteiger charge is -2.11. The number of aryl methyl sites for hydroxylation is 1. The van der Waals surface area contributed by atoms with Gasteiger partial charge in [-0.1, -0.05) is 6.92 Å². The summed E-state index contributed by atoms with van der Waals surface area (Å²) in [7, 11) is 0. The van der Waals surface area contributed by atoms with E-state index in [1.165, 1.54) is 23.4 Å². The molecule has 4 heteroatoms. The van der Waals surface area contributed by atoms with Gasteiger partial charge in [0.25, 0.3) is 0 Å². The van der Waals surface area contributed by atoms with E-state index in [9.17, 15) is 0 Å². The summed E-state index contributed by atoms with van der Waals surface area (Å²) in [6.07, 6.45) is 3.36. The number of nitrogens with zero attached hydrogens (tertiary/aromatic N) is 2. The van der Waals surface area contributed by atoms with E-state index >= 15 is 0 Å². The molecular weight excluding hydrogens is 226 g/mol. The topological polar surface area (TPSA) is 39.1 Å². The van der Waals surface area contributed by atoms with Crippen molar-refractivity contribution in [1.82, 2.24) is 15.1 Å². The van der Waals surface area contributed by atoms with Crippen LogP contribution in [0.1, 0.15) is 42.8 Å². The maximum atomic E-state index is 5.46. The van der Waals surface area contributed by atoms with Crippen molar-refractivity contribution in [1.29, 1.82) is 0 Å². The first-order valence-corrected chi connectivity index (χ1v) is 7.07. The minimum atomic E-state index is 0.445. The van der Waals surface area contributed by atoms with Crippen LogP contribution in [0.2, 0.25) is 0 Å². The number of rotatable bonds is 6. The molecule has 1 aromatic heterocycles. The first-order chi connectivity index (χ1) is 8.74. The van der Waals surface area contributed by atoms with Crippen molar-refractivity contribution in [2.75, 3.05) is 26.3 Å². The summed E-state index contributed by atoms with van der Waals surface area (Å²) in [5.74, 6) is 0. The van der Waals surface area contributed by atoms with E-state index in [1.807, 2.05) is 0 Å². The third kappa shape index (κ3) is 2.93. The molecule has 2 heterocycles. The highest BCUT2D eigenvalue weighted by Crippen LogP contribution is 2.23. The Morgan fingerprint density at radius 1 is 1.39 bits per heavy atom. The lowest BCUT2D eigenvalue weighted by Crippen LogP contribution is -2.18. The van der Waals surface area contributed by atoms with E-state index < -0.39 is 0 Å². The van der Waals surface area contributed by atoms with E-state index in [0.29, 0.717) is 6.04 Å². The highest BCUT2D eigenvalue weighted by molar-refractivity contribution is 5.25. The second kappa shape index (κ2) is 6.34. The maximum absolute atomic E-state index is 5.46. The third-order valence-corrected chi connectivity index (χ3v) is 3.70. The average Bonchev–Trinajstić information content (AvgIpc) is 2.96. The van der Waals surface area contributed by atoms with Gasteiger partial charge in [-0.2, -0.15) is 5.10 Å². The number of ether oxygens (including phenoxy) is 1. The summed E-state index contributed by atoms with van der Waals surface area (Å²) in [6, 6.07) is 0.445. The van der Waals surface area contributed by atoms with E-state index in [4.69, 9.17) is 9.84 Å². The summed E-state index contributed by atoms with van der Waals surface area (Å²) in [5, 5.41) is 8.16. The molecule has 1 saturated heterocycles. The van der Waals surface area contributed by atoms with Gasteiger partial charge in [0.15, 0.2) is 0 Å². The van der Waals surface area contributed by atoms with Crippen LogP contribution in [-0.4, -0.2) is 36.1 Å². The van der Waals surface area contributed by atoms with Gasteiger partial charge in [-0.15, -0.1) is 0 Å². The molecular formula is C14H25N3O. The summed E-state index contributed by atoms with van der Waals surface area (Å²) in [4.78, 5) is 0. The van der Waals surface area contributed by atoms with Gasteiger partial charge >= 0.3 is 0 Å². The second-order valence-electron chi connectivity index (χ2n) is 5.11. The largest absolute Gasteiger partial charge is 0.379 e. The molecule has 0 amide bonds. The van der Waals surface area contributed by atoms with E-state index in [2.05, 4.69) is 30.8 Å². The molecule has 1 aromatic rings. The van der Waals surface area contributed by atoms with Crippen molar-refractivity contribution in [3.05, 3.63) is 17.0 Å². The van der Waals surface area contributed by atoms with Crippen LogP contribution in [0.15, 0.2) is 0 Å². The number of nitrogens with one attached hydrogen (secondary N) is 1. The molecule has 18 heavy (non-hydrogen) atoms. The SMILES string of the molecule is CCCNCCc1c(C)nn(C2CCOC2)c1C. The average molecular weight is 251 g/mol. The Morgan fingerprint density at radius 2 is 2.22 bits per heavy atom. The lowest BCUT2D eigenvalue weighted by molar-refractivity contribution is 0.184. The van der Waals surface area contributed by atoms with Crippen molar-refractivity contribution in [3.8, 4) is 0 Å². The Labute approximate surface area is 110 Å². The molecule has 1 atom stereocenters. The number of hydrogen-bond donors (Lipinski definition) is 1. The zero-order valence-electron chi connectivity index (χ0n) is 11.8. The Hall–Kier alpha value is -0.870. The van der Waals surface area contributed by atoms with Gasteiger partial charge in [0, 0.05) is 12.3 Å². The van der Waals surface area contributed by atoms with E-state index in [0.717, 1.165) is 39.1 Å². The van der Waals surface area contributed by atoms with Gasteiger partial charge in [-0.05, 0) is 51.8 Å². The molecule has 0 aliphatic carbocycles. The maximum Gasteiger partial charge on any atom is 0.0777 e. The highest BCUT2D eigenvalue weighted by atomic mass is 16.5. The van der Waals surface area contributed by atoms with Gasteiger partial charge < -0.3 is 10.1 Å². The molecule has 102 valence electrons. The quantitative estimate of drug-likeness (QED) is 0.786. The molecule has 4 nitrogen and oxygen atoms in total. The molecule has 1 aliphatic heterocycles. The van der Waals surface area contributed by atoms with E-state index in [-0.39, 0.29) is 0 Å². The summed E-state index contributed by atoms with van der Waals surface area (Å²) < 4.78 is 7.63. The Bertz CT molecular complexity index is 381. The van der Waals surface area contributed by atoms with Crippen LogP contribution in [0.3, 0.4) is 0 Å². The summed E-state index contributed by atoms with van der Waals surface area (Å²) in [6.45, 7) is 10.3. The standard InChI is InChI=1S/C14H25N3O/c1-4-7-15-8-5-14-11(2)16-17(12(14)3)13-6-9-18-10-13/h13,15H,4-10H2,1-3H3. The van der Waals surface area contributed by atoms with Crippen LogP contribution >= 0.6 is 0 Å². The molecule has 0 aromatic carbocycles. The summed E-state index contributed by atoms with van der Waals surface area (Å²) >= 11 is 0. The van der Waals surface area contributed by atoms with Crippen LogP contribution in [0.25, 0.3) is 0 Å². The minimum Gasteiger partial charge on any atom is -0.379 e. The van der Waals surface area contributed by atoms with Gasteiger partial charge in [-0.3, -0.25) is 4.68 Å².